The van der Waals surface area contributed by atoms with E-state index in [4.69, 9.17) is 15.3 Å². The SMILES string of the molecule is CCC[C@@H](O)[C@H](O)C(=O)O. The van der Waals surface area contributed by atoms with Gasteiger partial charge in [0.2, 0.25) is 0 Å². The summed E-state index contributed by atoms with van der Waals surface area (Å²) in [7, 11) is 0. The lowest BCUT2D eigenvalue weighted by molar-refractivity contribution is -0.152. The average molecular weight is 148 g/mol. The van der Waals surface area contributed by atoms with Gasteiger partial charge in [-0.2, -0.15) is 0 Å². The molecule has 60 valence electrons. The van der Waals surface area contributed by atoms with Gasteiger partial charge in [0.25, 0.3) is 0 Å². The Morgan fingerprint density at radius 2 is 2.00 bits per heavy atom. The number of carbonyl (C=O) groups is 1. The summed E-state index contributed by atoms with van der Waals surface area (Å²) in [6.07, 6.45) is -1.80. The van der Waals surface area contributed by atoms with Gasteiger partial charge in [-0.25, -0.2) is 4.79 Å². The molecule has 0 aromatic carbocycles. The molecule has 0 aliphatic heterocycles. The summed E-state index contributed by atoms with van der Waals surface area (Å²) in [6.45, 7) is 1.80. The number of carboxylic acids is 1. The first-order valence-electron chi connectivity index (χ1n) is 3.18. The lowest BCUT2D eigenvalue weighted by atomic mass is 10.1. The first-order chi connectivity index (χ1) is 4.59. The van der Waals surface area contributed by atoms with E-state index in [1.807, 2.05) is 0 Å². The molecule has 0 aromatic heterocycles. The molecule has 0 heterocycles. The van der Waals surface area contributed by atoms with Gasteiger partial charge in [0.1, 0.15) is 0 Å². The van der Waals surface area contributed by atoms with Crippen molar-refractivity contribution in [2.24, 2.45) is 0 Å². The van der Waals surface area contributed by atoms with E-state index in [0.29, 0.717) is 12.8 Å². The van der Waals surface area contributed by atoms with Gasteiger partial charge in [-0.15, -0.1) is 0 Å². The third kappa shape index (κ3) is 2.80. The Kier molecular flexibility index (Phi) is 3.99. The Balaban J connectivity index is 3.69. The Morgan fingerprint density at radius 1 is 1.50 bits per heavy atom. The number of hydrogen-bond donors (Lipinski definition) is 3. The summed E-state index contributed by atoms with van der Waals surface area (Å²) in [6, 6.07) is 0. The van der Waals surface area contributed by atoms with E-state index in [9.17, 15) is 4.79 Å². The maximum Gasteiger partial charge on any atom is 0.335 e. The molecule has 4 heteroatoms. The molecule has 0 aliphatic rings. The second-order valence-electron chi connectivity index (χ2n) is 2.14. The normalized spacial score (nSPS) is 16.3. The zero-order valence-electron chi connectivity index (χ0n) is 5.82. The van der Waals surface area contributed by atoms with Gasteiger partial charge in [-0.1, -0.05) is 13.3 Å². The van der Waals surface area contributed by atoms with Crippen LogP contribution in [0.2, 0.25) is 0 Å². The topological polar surface area (TPSA) is 77.8 Å². The van der Waals surface area contributed by atoms with E-state index in [2.05, 4.69) is 0 Å². The van der Waals surface area contributed by atoms with E-state index < -0.39 is 18.2 Å². The summed E-state index contributed by atoms with van der Waals surface area (Å²) in [4.78, 5) is 10.0. The maximum atomic E-state index is 10.0. The molecule has 0 unspecified atom stereocenters. The molecule has 3 N–H and O–H groups in total. The fraction of sp³-hybridized carbons (Fsp3) is 0.833. The van der Waals surface area contributed by atoms with Crippen LogP contribution in [0.5, 0.6) is 0 Å². The highest BCUT2D eigenvalue weighted by atomic mass is 16.4. The summed E-state index contributed by atoms with van der Waals surface area (Å²) < 4.78 is 0. The summed E-state index contributed by atoms with van der Waals surface area (Å²) in [5.74, 6) is -1.37. The van der Waals surface area contributed by atoms with E-state index in [0.717, 1.165) is 0 Å². The molecule has 0 radical (unpaired) electrons. The van der Waals surface area contributed by atoms with Gasteiger partial charge < -0.3 is 15.3 Å². The Bertz CT molecular complexity index is 112. The lowest BCUT2D eigenvalue weighted by Gasteiger charge is -2.11. The third-order valence-corrected chi connectivity index (χ3v) is 1.20. The van der Waals surface area contributed by atoms with Crippen LogP contribution in [0.15, 0.2) is 0 Å². The third-order valence-electron chi connectivity index (χ3n) is 1.20. The Morgan fingerprint density at radius 3 is 2.30 bits per heavy atom. The fourth-order valence-corrected chi connectivity index (χ4v) is 0.618. The van der Waals surface area contributed by atoms with Crippen LogP contribution >= 0.6 is 0 Å². The van der Waals surface area contributed by atoms with Crippen molar-refractivity contribution in [2.75, 3.05) is 0 Å². The first kappa shape index (κ1) is 9.39. The molecular weight excluding hydrogens is 136 g/mol. The molecule has 0 fully saturated rings. The van der Waals surface area contributed by atoms with Crippen molar-refractivity contribution in [1.29, 1.82) is 0 Å². The summed E-state index contributed by atoms with van der Waals surface area (Å²) in [5.41, 5.74) is 0. The van der Waals surface area contributed by atoms with Crippen molar-refractivity contribution in [3.05, 3.63) is 0 Å². The van der Waals surface area contributed by atoms with Gasteiger partial charge in [0.15, 0.2) is 6.10 Å². The van der Waals surface area contributed by atoms with Crippen LogP contribution in [-0.4, -0.2) is 33.5 Å². The van der Waals surface area contributed by atoms with E-state index in [-0.39, 0.29) is 0 Å². The van der Waals surface area contributed by atoms with Crippen LogP contribution in [0.4, 0.5) is 0 Å². The smallest absolute Gasteiger partial charge is 0.335 e. The van der Waals surface area contributed by atoms with Crippen LogP contribution in [0.25, 0.3) is 0 Å². The van der Waals surface area contributed by atoms with Crippen molar-refractivity contribution >= 4 is 5.97 Å². The number of rotatable bonds is 4. The fourth-order valence-electron chi connectivity index (χ4n) is 0.618. The van der Waals surface area contributed by atoms with Gasteiger partial charge in [-0.05, 0) is 6.42 Å². The number of hydrogen-bond acceptors (Lipinski definition) is 3. The maximum absolute atomic E-state index is 10.0. The predicted molar refractivity (Wildman–Crippen MR) is 34.6 cm³/mol. The van der Waals surface area contributed by atoms with Crippen LogP contribution < -0.4 is 0 Å². The molecule has 0 spiro atoms. The minimum Gasteiger partial charge on any atom is -0.479 e. The van der Waals surface area contributed by atoms with Crippen LogP contribution in [-0.2, 0) is 4.79 Å². The van der Waals surface area contributed by atoms with Gasteiger partial charge in [0.05, 0.1) is 6.10 Å². The number of aliphatic hydroxyl groups excluding tert-OH is 2. The van der Waals surface area contributed by atoms with Crippen molar-refractivity contribution in [3.8, 4) is 0 Å². The monoisotopic (exact) mass is 148 g/mol. The molecule has 0 bridgehead atoms. The largest absolute Gasteiger partial charge is 0.479 e. The Labute approximate surface area is 59.1 Å². The second-order valence-corrected chi connectivity index (χ2v) is 2.14. The molecular formula is C6H12O4. The minimum atomic E-state index is -1.64. The zero-order valence-corrected chi connectivity index (χ0v) is 5.82. The average Bonchev–Trinajstić information content (AvgIpc) is 1.87. The van der Waals surface area contributed by atoms with Crippen molar-refractivity contribution in [1.82, 2.24) is 0 Å². The molecule has 2 atom stereocenters. The van der Waals surface area contributed by atoms with Gasteiger partial charge >= 0.3 is 5.97 Å². The Hall–Kier alpha value is -0.610. The van der Waals surface area contributed by atoms with Crippen LogP contribution in [0, 0.1) is 0 Å². The summed E-state index contributed by atoms with van der Waals surface area (Å²) in [5, 5.41) is 25.7. The van der Waals surface area contributed by atoms with E-state index >= 15 is 0 Å². The predicted octanol–water partition coefficient (Wildman–Crippen LogP) is -0.407. The standard InChI is InChI=1S/C6H12O4/c1-2-3-4(7)5(8)6(9)10/h4-5,7-8H,2-3H2,1H3,(H,9,10)/t4-,5+/m1/s1. The molecule has 4 nitrogen and oxygen atoms in total. The van der Waals surface area contributed by atoms with Gasteiger partial charge in [0, 0.05) is 0 Å². The van der Waals surface area contributed by atoms with Crippen LogP contribution in [0.1, 0.15) is 19.8 Å². The minimum absolute atomic E-state index is 0.313. The molecule has 0 aliphatic carbocycles. The molecule has 0 rings (SSSR count). The lowest BCUT2D eigenvalue weighted by Crippen LogP contribution is -2.33. The first-order valence-corrected chi connectivity index (χ1v) is 3.18. The van der Waals surface area contributed by atoms with Crippen molar-refractivity contribution in [2.45, 2.75) is 32.0 Å². The van der Waals surface area contributed by atoms with Crippen molar-refractivity contribution in [3.63, 3.8) is 0 Å². The molecule has 0 amide bonds. The highest BCUT2D eigenvalue weighted by molar-refractivity contribution is 5.72. The summed E-state index contributed by atoms with van der Waals surface area (Å²) >= 11 is 0. The number of carboxylic acid groups (broad SMARTS) is 1. The molecule has 10 heavy (non-hydrogen) atoms. The van der Waals surface area contributed by atoms with Crippen LogP contribution in [0.3, 0.4) is 0 Å². The number of aliphatic carboxylic acids is 1. The van der Waals surface area contributed by atoms with Gasteiger partial charge in [-0.3, -0.25) is 0 Å². The zero-order chi connectivity index (χ0) is 8.15. The number of aliphatic hydroxyl groups is 2. The molecule has 0 saturated carbocycles. The molecule has 0 aromatic rings. The highest BCUT2D eigenvalue weighted by Crippen LogP contribution is 2.01. The molecule has 0 saturated heterocycles. The van der Waals surface area contributed by atoms with E-state index in [1.54, 1.807) is 6.92 Å². The van der Waals surface area contributed by atoms with E-state index in [1.165, 1.54) is 0 Å². The van der Waals surface area contributed by atoms with Crippen molar-refractivity contribution < 1.29 is 20.1 Å². The highest BCUT2D eigenvalue weighted by Gasteiger charge is 2.21. The second kappa shape index (κ2) is 4.24. The quantitative estimate of drug-likeness (QED) is 0.506.